The maximum absolute atomic E-state index is 13.5. The Morgan fingerprint density at radius 3 is 1.31 bits per heavy atom. The molecular formula is C62H114N2O7P+. The van der Waals surface area contributed by atoms with E-state index in [9.17, 15) is 19.0 Å². The number of ether oxygens (including phenoxy) is 1. The van der Waals surface area contributed by atoms with Gasteiger partial charge in [-0.25, -0.2) is 4.57 Å². The molecule has 1 amide bonds. The number of phosphoric ester groups is 1. The molecule has 0 rings (SSSR count). The fraction of sp³-hybridized carbons (Fsp3) is 0.774. The topological polar surface area (TPSA) is 111 Å². The summed E-state index contributed by atoms with van der Waals surface area (Å²) in [4.78, 5) is 37.6. The van der Waals surface area contributed by atoms with Crippen molar-refractivity contribution in [2.24, 2.45) is 0 Å². The van der Waals surface area contributed by atoms with Gasteiger partial charge in [-0.3, -0.25) is 18.6 Å². The first-order chi connectivity index (χ1) is 34.9. The van der Waals surface area contributed by atoms with Crippen LogP contribution in [0, 0.1) is 0 Å². The van der Waals surface area contributed by atoms with Gasteiger partial charge in [0.15, 0.2) is 0 Å². The van der Waals surface area contributed by atoms with E-state index < -0.39 is 20.0 Å². The van der Waals surface area contributed by atoms with Gasteiger partial charge < -0.3 is 19.4 Å². The number of esters is 1. The second-order valence-electron chi connectivity index (χ2n) is 21.2. The zero-order valence-corrected chi connectivity index (χ0v) is 48.6. The number of allylic oxidation sites excluding steroid dienone is 11. The van der Waals surface area contributed by atoms with E-state index in [2.05, 4.69) is 86.8 Å². The smallest absolute Gasteiger partial charge is 0.456 e. The highest BCUT2D eigenvalue weighted by Crippen LogP contribution is 2.43. The van der Waals surface area contributed by atoms with Gasteiger partial charge in [0.25, 0.3) is 0 Å². The molecule has 0 aromatic carbocycles. The minimum atomic E-state index is -4.46. The van der Waals surface area contributed by atoms with Crippen molar-refractivity contribution in [3.8, 4) is 0 Å². The van der Waals surface area contributed by atoms with E-state index in [1.165, 1.54) is 128 Å². The number of nitrogens with zero attached hydrogens (tertiary/aromatic N) is 1. The van der Waals surface area contributed by atoms with Crippen molar-refractivity contribution in [3.63, 3.8) is 0 Å². The number of hydrogen-bond donors (Lipinski definition) is 2. The number of nitrogens with one attached hydrogen (secondary N) is 1. The first-order valence-electron chi connectivity index (χ1n) is 29.8. The number of quaternary nitrogens is 1. The summed E-state index contributed by atoms with van der Waals surface area (Å²) in [6, 6.07) is -0.871. The molecule has 0 heterocycles. The van der Waals surface area contributed by atoms with Crippen LogP contribution in [0.15, 0.2) is 72.9 Å². The number of hydrogen-bond acceptors (Lipinski definition) is 6. The van der Waals surface area contributed by atoms with Crippen LogP contribution in [0.4, 0.5) is 0 Å². The van der Waals surface area contributed by atoms with Gasteiger partial charge in [-0.05, 0) is 102 Å². The maximum atomic E-state index is 13.5. The highest BCUT2D eigenvalue weighted by molar-refractivity contribution is 7.47. The Morgan fingerprint density at radius 1 is 0.486 bits per heavy atom. The number of carbonyl (C=O) groups is 2. The van der Waals surface area contributed by atoms with Gasteiger partial charge >= 0.3 is 13.8 Å². The van der Waals surface area contributed by atoms with Crippen LogP contribution < -0.4 is 5.32 Å². The van der Waals surface area contributed by atoms with Crippen LogP contribution in [0.25, 0.3) is 0 Å². The molecule has 72 heavy (non-hydrogen) atoms. The van der Waals surface area contributed by atoms with Crippen molar-refractivity contribution in [3.05, 3.63) is 72.9 Å². The van der Waals surface area contributed by atoms with Crippen molar-refractivity contribution >= 4 is 19.7 Å². The molecule has 0 bridgehead atoms. The fourth-order valence-corrected chi connectivity index (χ4v) is 8.95. The molecule has 0 aromatic heterocycles. The Kier molecular flexibility index (Phi) is 50.1. The third kappa shape index (κ3) is 52.3. The molecule has 3 unspecified atom stereocenters. The van der Waals surface area contributed by atoms with E-state index >= 15 is 0 Å². The predicted octanol–water partition coefficient (Wildman–Crippen LogP) is 18.1. The van der Waals surface area contributed by atoms with E-state index in [0.717, 1.165) is 89.9 Å². The number of rotatable bonds is 53. The molecule has 418 valence electrons. The van der Waals surface area contributed by atoms with E-state index in [1.54, 1.807) is 0 Å². The molecule has 0 fully saturated rings. The minimum Gasteiger partial charge on any atom is -0.456 e. The molecule has 0 aliphatic heterocycles. The predicted molar refractivity (Wildman–Crippen MR) is 309 cm³/mol. The van der Waals surface area contributed by atoms with Gasteiger partial charge in [0.05, 0.1) is 33.8 Å². The minimum absolute atomic E-state index is 0.0301. The molecule has 0 radical (unpaired) electrons. The highest BCUT2D eigenvalue weighted by Gasteiger charge is 2.30. The standard InChI is InChI=1S/C62H113N2O7P/c1-7-10-13-16-19-22-25-28-30-31-32-33-34-37-40-43-46-49-52-55-62(66)71-60(53-50-47-44-41-38-35-27-24-21-18-15-12-9-3)59(58-70-72(67,68)69-57-56-64(4,5)6)63-61(65)54-51-48-45-42-39-36-29-26-23-20-17-14-11-8-2/h19,22,28,30,32-33,36-37,39-40,50,53,59-60H,7-18,20-21,23-27,29,31,34-35,38,41-49,51-52,54-58H2,1-6H3,(H-,63,65,67,68)/p+1/b22-19-,30-28-,33-32-,39-36-,40-37-,53-50+. The van der Waals surface area contributed by atoms with Crippen LogP contribution >= 0.6 is 7.82 Å². The molecule has 9 nitrogen and oxygen atoms in total. The third-order valence-electron chi connectivity index (χ3n) is 12.9. The lowest BCUT2D eigenvalue weighted by Crippen LogP contribution is -2.47. The first-order valence-corrected chi connectivity index (χ1v) is 31.3. The van der Waals surface area contributed by atoms with Crippen molar-refractivity contribution in [1.29, 1.82) is 0 Å². The Balaban J connectivity index is 5.42. The van der Waals surface area contributed by atoms with Crippen molar-refractivity contribution in [2.75, 3.05) is 40.9 Å². The van der Waals surface area contributed by atoms with E-state index in [1.807, 2.05) is 33.3 Å². The zero-order chi connectivity index (χ0) is 52.9. The molecule has 3 atom stereocenters. The summed E-state index contributed by atoms with van der Waals surface area (Å²) in [6.07, 6.45) is 66.1. The SMILES string of the molecule is CCCCC/C=C\C/C=C\C/C=C\C/C=C\CCCCCC(=O)OC(/C=C/CCCCCCCCCCCCC)C(COP(=O)(O)OCC[N+](C)(C)C)NC(=O)CCCCC/C=C\CCCCCCCCC. The summed E-state index contributed by atoms with van der Waals surface area (Å²) >= 11 is 0. The number of likely N-dealkylation sites (N-methyl/N-ethyl adjacent to an activating group) is 1. The summed E-state index contributed by atoms with van der Waals surface area (Å²) < 4.78 is 30.6. The van der Waals surface area contributed by atoms with E-state index in [4.69, 9.17) is 13.8 Å². The number of unbranched alkanes of at least 4 members (excludes halogenated alkanes) is 27. The van der Waals surface area contributed by atoms with Crippen LogP contribution in [-0.4, -0.2) is 74.3 Å². The molecule has 0 aliphatic carbocycles. The molecule has 2 N–H and O–H groups in total. The molecule has 0 spiro atoms. The second kappa shape index (κ2) is 51.9. The van der Waals surface area contributed by atoms with E-state index in [-0.39, 0.29) is 31.5 Å². The van der Waals surface area contributed by atoms with Gasteiger partial charge in [0.1, 0.15) is 19.3 Å². The Morgan fingerprint density at radius 2 is 0.847 bits per heavy atom. The van der Waals surface area contributed by atoms with Crippen molar-refractivity contribution in [1.82, 2.24) is 5.32 Å². The first kappa shape index (κ1) is 69.5. The lowest BCUT2D eigenvalue weighted by Gasteiger charge is -2.27. The third-order valence-corrected chi connectivity index (χ3v) is 13.9. The van der Waals surface area contributed by atoms with Gasteiger partial charge in [-0.1, -0.05) is 216 Å². The lowest BCUT2D eigenvalue weighted by molar-refractivity contribution is -0.870. The largest absolute Gasteiger partial charge is 0.472 e. The molecule has 0 saturated heterocycles. The van der Waals surface area contributed by atoms with Crippen LogP contribution in [0.3, 0.4) is 0 Å². The summed E-state index contributed by atoms with van der Waals surface area (Å²) in [6.45, 7) is 6.95. The Hall–Kier alpha value is -2.55. The lowest BCUT2D eigenvalue weighted by atomic mass is 10.0. The summed E-state index contributed by atoms with van der Waals surface area (Å²) in [5.74, 6) is -0.559. The summed E-state index contributed by atoms with van der Waals surface area (Å²) in [5.41, 5.74) is 0. The van der Waals surface area contributed by atoms with Crippen molar-refractivity contribution in [2.45, 2.75) is 270 Å². The normalized spacial score (nSPS) is 14.3. The number of carbonyl (C=O) groups excluding carboxylic acids is 2. The molecular weight excluding hydrogens is 916 g/mol. The average molecular weight is 1030 g/mol. The monoisotopic (exact) mass is 1030 g/mol. The quantitative estimate of drug-likeness (QED) is 0.0205. The van der Waals surface area contributed by atoms with Crippen molar-refractivity contribution < 1.29 is 37.3 Å². The summed E-state index contributed by atoms with van der Waals surface area (Å²) in [7, 11) is 1.46. The average Bonchev–Trinajstić information content (AvgIpc) is 3.34. The van der Waals surface area contributed by atoms with Gasteiger partial charge in [0.2, 0.25) is 5.91 Å². The second-order valence-corrected chi connectivity index (χ2v) is 22.6. The molecule has 0 aliphatic rings. The fourth-order valence-electron chi connectivity index (χ4n) is 8.21. The van der Waals surface area contributed by atoms with Gasteiger partial charge in [0, 0.05) is 12.8 Å². The Bertz CT molecular complexity index is 1460. The van der Waals surface area contributed by atoms with Crippen LogP contribution in [0.2, 0.25) is 0 Å². The van der Waals surface area contributed by atoms with E-state index in [0.29, 0.717) is 23.9 Å². The van der Waals surface area contributed by atoms with Gasteiger partial charge in [-0.15, -0.1) is 0 Å². The zero-order valence-electron chi connectivity index (χ0n) is 47.7. The Labute approximate surface area is 444 Å². The molecule has 0 saturated carbocycles. The maximum Gasteiger partial charge on any atom is 0.472 e. The summed E-state index contributed by atoms with van der Waals surface area (Å²) in [5, 5.41) is 3.03. The van der Waals surface area contributed by atoms with Crippen LogP contribution in [0.1, 0.15) is 258 Å². The molecule has 10 heteroatoms. The van der Waals surface area contributed by atoms with Crippen LogP contribution in [0.5, 0.6) is 0 Å². The highest BCUT2D eigenvalue weighted by atomic mass is 31.2. The van der Waals surface area contributed by atoms with Crippen LogP contribution in [-0.2, 0) is 27.9 Å². The molecule has 0 aromatic rings. The number of phosphoric acid groups is 1. The van der Waals surface area contributed by atoms with Gasteiger partial charge in [-0.2, -0.15) is 0 Å². The number of amides is 1.